The highest BCUT2D eigenvalue weighted by Crippen LogP contribution is 2.21. The lowest BCUT2D eigenvalue weighted by atomic mass is 10.1. The molecule has 29 heavy (non-hydrogen) atoms. The van der Waals surface area contributed by atoms with Gasteiger partial charge in [0, 0.05) is 38.4 Å². The Bertz CT molecular complexity index is 804. The molecule has 6 nitrogen and oxygen atoms in total. The molecule has 1 saturated heterocycles. The number of para-hydroxylation sites is 1. The van der Waals surface area contributed by atoms with Gasteiger partial charge in [0.1, 0.15) is 5.75 Å². The van der Waals surface area contributed by atoms with Gasteiger partial charge in [0.15, 0.2) is 17.6 Å². The van der Waals surface area contributed by atoms with E-state index in [9.17, 15) is 4.39 Å². The van der Waals surface area contributed by atoms with Gasteiger partial charge in [0.2, 0.25) is 0 Å². The van der Waals surface area contributed by atoms with Crippen LogP contribution in [0.25, 0.3) is 0 Å². The summed E-state index contributed by atoms with van der Waals surface area (Å²) < 4.78 is 19.4. The Labute approximate surface area is 189 Å². The van der Waals surface area contributed by atoms with Crippen LogP contribution in [0.3, 0.4) is 0 Å². The predicted octanol–water partition coefficient (Wildman–Crippen LogP) is 3.22. The summed E-state index contributed by atoms with van der Waals surface area (Å²) in [7, 11) is 1.68. The second-order valence-corrected chi connectivity index (χ2v) is 6.71. The first-order chi connectivity index (χ1) is 13.7. The van der Waals surface area contributed by atoms with Gasteiger partial charge in [-0.05, 0) is 43.5 Å². The van der Waals surface area contributed by atoms with E-state index in [1.165, 1.54) is 6.07 Å². The lowest BCUT2D eigenvalue weighted by molar-refractivity contribution is 0.410. The first-order valence-electron chi connectivity index (χ1n) is 9.73. The van der Waals surface area contributed by atoms with Crippen molar-refractivity contribution < 1.29 is 9.13 Å². The van der Waals surface area contributed by atoms with E-state index in [0.29, 0.717) is 18.9 Å². The smallest absolute Gasteiger partial charge is 0.191 e. The molecular weight excluding hydrogens is 484 g/mol. The van der Waals surface area contributed by atoms with Gasteiger partial charge in [-0.3, -0.25) is 4.99 Å². The van der Waals surface area contributed by atoms with E-state index in [2.05, 4.69) is 21.7 Å². The number of guanidine groups is 1. The third kappa shape index (κ3) is 6.45. The maximum absolute atomic E-state index is 14.0. The zero-order chi connectivity index (χ0) is 19.8. The molecule has 1 aromatic heterocycles. The van der Waals surface area contributed by atoms with Crippen molar-refractivity contribution in [2.45, 2.75) is 25.8 Å². The molecule has 1 unspecified atom stereocenters. The fraction of sp³-hybridized carbons (Fsp3) is 0.429. The molecular formula is C21H29FIN5O. The minimum atomic E-state index is -0.277. The number of benzene rings is 1. The van der Waals surface area contributed by atoms with E-state index >= 15 is 0 Å². The zero-order valence-corrected chi connectivity index (χ0v) is 19.2. The molecule has 2 aromatic rings. The number of pyridine rings is 1. The van der Waals surface area contributed by atoms with E-state index in [1.807, 2.05) is 30.0 Å². The van der Waals surface area contributed by atoms with Crippen LogP contribution in [-0.2, 0) is 6.42 Å². The molecule has 1 fully saturated rings. The third-order valence-corrected chi connectivity index (χ3v) is 4.76. The van der Waals surface area contributed by atoms with Crippen LogP contribution in [0.4, 0.5) is 10.2 Å². The summed E-state index contributed by atoms with van der Waals surface area (Å²) in [5, 5.41) is 6.76. The Morgan fingerprint density at radius 2 is 2.14 bits per heavy atom. The molecule has 0 radical (unpaired) electrons. The second-order valence-electron chi connectivity index (χ2n) is 6.71. The Morgan fingerprint density at radius 1 is 1.31 bits per heavy atom. The van der Waals surface area contributed by atoms with Crippen molar-refractivity contribution in [3.8, 4) is 5.75 Å². The minimum Gasteiger partial charge on any atom is -0.496 e. The summed E-state index contributed by atoms with van der Waals surface area (Å²) in [5.74, 6) is 1.82. The standard InChI is InChI=1S/C21H28FN5O.HI/c1-3-23-21(25-13-10-16-7-4-5-9-19(16)28-2)26-17-11-14-27(15-17)20-18(22)8-6-12-24-20;/h4-9,12,17H,3,10-11,13-15H2,1-2H3,(H2,23,25,26);1H. The average molecular weight is 513 g/mol. The SMILES string of the molecule is CCNC(=NCCc1ccccc1OC)NC1CCN(c2ncccc2F)C1.I. The molecule has 3 rings (SSSR count). The van der Waals surface area contributed by atoms with Gasteiger partial charge in [0.05, 0.1) is 7.11 Å². The molecule has 2 N–H and O–H groups in total. The van der Waals surface area contributed by atoms with Crippen molar-refractivity contribution in [3.05, 3.63) is 54.0 Å². The first kappa shape index (κ1) is 23.2. The van der Waals surface area contributed by atoms with Crippen LogP contribution in [0.2, 0.25) is 0 Å². The maximum atomic E-state index is 14.0. The van der Waals surface area contributed by atoms with Gasteiger partial charge in [-0.2, -0.15) is 0 Å². The third-order valence-electron chi connectivity index (χ3n) is 4.76. The van der Waals surface area contributed by atoms with Crippen LogP contribution < -0.4 is 20.3 Å². The Hall–Kier alpha value is -2.10. The summed E-state index contributed by atoms with van der Waals surface area (Å²) in [4.78, 5) is 10.8. The summed E-state index contributed by atoms with van der Waals surface area (Å²) in [5.41, 5.74) is 1.14. The average Bonchev–Trinajstić information content (AvgIpc) is 3.17. The summed E-state index contributed by atoms with van der Waals surface area (Å²) >= 11 is 0. The van der Waals surface area contributed by atoms with Crippen LogP contribution >= 0.6 is 24.0 Å². The van der Waals surface area contributed by atoms with Crippen molar-refractivity contribution >= 4 is 35.8 Å². The van der Waals surface area contributed by atoms with Gasteiger partial charge in [-0.1, -0.05) is 18.2 Å². The number of halogens is 2. The molecule has 0 spiro atoms. The van der Waals surface area contributed by atoms with Crippen molar-refractivity contribution in [1.29, 1.82) is 0 Å². The fourth-order valence-electron chi connectivity index (χ4n) is 3.39. The summed E-state index contributed by atoms with van der Waals surface area (Å²) in [6.07, 6.45) is 3.34. The number of rotatable bonds is 7. The van der Waals surface area contributed by atoms with E-state index in [4.69, 9.17) is 9.73 Å². The van der Waals surface area contributed by atoms with Crippen molar-refractivity contribution in [2.24, 2.45) is 4.99 Å². The monoisotopic (exact) mass is 513 g/mol. The summed E-state index contributed by atoms with van der Waals surface area (Å²) in [6.45, 7) is 4.95. The quantitative estimate of drug-likeness (QED) is 0.339. The molecule has 2 heterocycles. The number of methoxy groups -OCH3 is 1. The van der Waals surface area contributed by atoms with Crippen LogP contribution in [0.5, 0.6) is 5.75 Å². The zero-order valence-electron chi connectivity index (χ0n) is 16.9. The number of aromatic nitrogens is 1. The molecule has 1 atom stereocenters. The molecule has 8 heteroatoms. The van der Waals surface area contributed by atoms with E-state index in [0.717, 1.165) is 43.2 Å². The molecule has 1 aliphatic heterocycles. The number of nitrogens with one attached hydrogen (secondary N) is 2. The second kappa shape index (κ2) is 11.8. The lowest BCUT2D eigenvalue weighted by Gasteiger charge is -2.20. The van der Waals surface area contributed by atoms with Gasteiger partial charge in [-0.25, -0.2) is 9.37 Å². The van der Waals surface area contributed by atoms with Crippen LogP contribution in [0.15, 0.2) is 47.6 Å². The Morgan fingerprint density at radius 3 is 2.90 bits per heavy atom. The molecule has 0 bridgehead atoms. The van der Waals surface area contributed by atoms with Crippen LogP contribution in [0, 0.1) is 5.82 Å². The highest BCUT2D eigenvalue weighted by atomic mass is 127. The molecule has 158 valence electrons. The molecule has 1 aliphatic rings. The normalized spacial score (nSPS) is 16.3. The highest BCUT2D eigenvalue weighted by Gasteiger charge is 2.25. The van der Waals surface area contributed by atoms with Crippen LogP contribution in [0.1, 0.15) is 18.9 Å². The number of nitrogens with zero attached hydrogens (tertiary/aromatic N) is 3. The molecule has 1 aromatic carbocycles. The van der Waals surface area contributed by atoms with E-state index in [-0.39, 0.29) is 35.8 Å². The molecule has 0 amide bonds. The lowest BCUT2D eigenvalue weighted by Crippen LogP contribution is -2.44. The molecule has 0 saturated carbocycles. The summed E-state index contributed by atoms with van der Waals surface area (Å²) in [6, 6.07) is 11.3. The number of ether oxygens (including phenoxy) is 1. The minimum absolute atomic E-state index is 0. The van der Waals surface area contributed by atoms with Crippen molar-refractivity contribution in [2.75, 3.05) is 38.2 Å². The topological polar surface area (TPSA) is 61.8 Å². The number of hydrogen-bond donors (Lipinski definition) is 2. The number of aliphatic imine (C=N–C) groups is 1. The molecule has 0 aliphatic carbocycles. The first-order valence-corrected chi connectivity index (χ1v) is 9.73. The van der Waals surface area contributed by atoms with Gasteiger partial charge < -0.3 is 20.3 Å². The Balaban J connectivity index is 0.00000300. The number of hydrogen-bond acceptors (Lipinski definition) is 4. The van der Waals surface area contributed by atoms with E-state index < -0.39 is 0 Å². The van der Waals surface area contributed by atoms with E-state index in [1.54, 1.807) is 19.4 Å². The largest absolute Gasteiger partial charge is 0.496 e. The van der Waals surface area contributed by atoms with Gasteiger partial charge in [-0.15, -0.1) is 24.0 Å². The van der Waals surface area contributed by atoms with Gasteiger partial charge >= 0.3 is 0 Å². The van der Waals surface area contributed by atoms with Crippen LogP contribution in [-0.4, -0.2) is 50.3 Å². The van der Waals surface area contributed by atoms with Crippen molar-refractivity contribution in [1.82, 2.24) is 15.6 Å². The fourth-order valence-corrected chi connectivity index (χ4v) is 3.39. The van der Waals surface area contributed by atoms with Crippen molar-refractivity contribution in [3.63, 3.8) is 0 Å². The maximum Gasteiger partial charge on any atom is 0.191 e. The Kier molecular flexibility index (Phi) is 9.43. The highest BCUT2D eigenvalue weighted by molar-refractivity contribution is 14.0. The van der Waals surface area contributed by atoms with Gasteiger partial charge in [0.25, 0.3) is 0 Å². The predicted molar refractivity (Wildman–Crippen MR) is 126 cm³/mol. The number of anilines is 1.